The molecule has 3 aromatic rings. The fraction of sp³-hybridized carbons (Fsp3) is 0.0952. The molecule has 26 heavy (non-hydrogen) atoms. The van der Waals surface area contributed by atoms with Crippen molar-refractivity contribution < 1.29 is 9.53 Å². The predicted octanol–water partition coefficient (Wildman–Crippen LogP) is 6.28. The summed E-state index contributed by atoms with van der Waals surface area (Å²) in [5.74, 6) is 1.35. The van der Waals surface area contributed by atoms with E-state index in [1.165, 1.54) is 5.56 Å². The van der Waals surface area contributed by atoms with Gasteiger partial charge in [-0.25, -0.2) is 0 Å². The minimum absolute atomic E-state index is 0.129. The van der Waals surface area contributed by atoms with Gasteiger partial charge in [0.2, 0.25) is 5.91 Å². The van der Waals surface area contributed by atoms with Gasteiger partial charge in [-0.1, -0.05) is 47.0 Å². The molecule has 0 aliphatic rings. The number of hydrogen-bond donors (Lipinski definition) is 1. The van der Waals surface area contributed by atoms with Gasteiger partial charge in [0.15, 0.2) is 0 Å². The number of rotatable bonds is 5. The number of halogens is 2. The third-order valence-corrected chi connectivity index (χ3v) is 4.48. The summed E-state index contributed by atoms with van der Waals surface area (Å²) in [5.41, 5.74) is 2.68. The van der Waals surface area contributed by atoms with E-state index in [1.54, 1.807) is 30.3 Å². The standard InChI is InChI=1S/C21H17Cl2NO2/c1-14-2-7-17(8-3-14)26-18-9-5-16(6-10-18)24-21(25)13-15-4-11-19(22)20(23)12-15/h2-12H,13H2,1H3,(H,24,25). The second-order valence-corrected chi connectivity index (χ2v) is 6.73. The van der Waals surface area contributed by atoms with Gasteiger partial charge in [0, 0.05) is 5.69 Å². The largest absolute Gasteiger partial charge is 0.457 e. The van der Waals surface area contributed by atoms with Crippen molar-refractivity contribution >= 4 is 34.8 Å². The molecule has 132 valence electrons. The third-order valence-electron chi connectivity index (χ3n) is 3.74. The lowest BCUT2D eigenvalue weighted by atomic mass is 10.1. The van der Waals surface area contributed by atoms with Crippen molar-refractivity contribution in [3.05, 3.63) is 87.9 Å². The third kappa shape index (κ3) is 5.01. The minimum atomic E-state index is -0.129. The molecule has 0 saturated heterocycles. The van der Waals surface area contributed by atoms with Crippen LogP contribution in [0.15, 0.2) is 66.7 Å². The maximum Gasteiger partial charge on any atom is 0.228 e. The van der Waals surface area contributed by atoms with Gasteiger partial charge in [-0.2, -0.15) is 0 Å². The van der Waals surface area contributed by atoms with E-state index in [1.807, 2.05) is 43.3 Å². The van der Waals surface area contributed by atoms with Crippen molar-refractivity contribution in [3.8, 4) is 11.5 Å². The summed E-state index contributed by atoms with van der Waals surface area (Å²) < 4.78 is 5.77. The molecule has 0 atom stereocenters. The highest BCUT2D eigenvalue weighted by atomic mass is 35.5. The number of aryl methyl sites for hydroxylation is 1. The molecule has 1 amide bonds. The van der Waals surface area contributed by atoms with Crippen molar-refractivity contribution in [2.45, 2.75) is 13.3 Å². The Labute approximate surface area is 162 Å². The first-order chi connectivity index (χ1) is 12.5. The van der Waals surface area contributed by atoms with Gasteiger partial charge in [-0.05, 0) is 61.0 Å². The molecular weight excluding hydrogens is 369 g/mol. The smallest absolute Gasteiger partial charge is 0.228 e. The first-order valence-electron chi connectivity index (χ1n) is 8.08. The number of nitrogens with one attached hydrogen (secondary N) is 1. The van der Waals surface area contributed by atoms with Crippen molar-refractivity contribution in [2.24, 2.45) is 0 Å². The molecule has 0 radical (unpaired) electrons. The summed E-state index contributed by atoms with van der Waals surface area (Å²) in [6.07, 6.45) is 0.221. The lowest BCUT2D eigenvalue weighted by molar-refractivity contribution is -0.115. The summed E-state index contributed by atoms with van der Waals surface area (Å²) in [5, 5.41) is 3.76. The summed E-state index contributed by atoms with van der Waals surface area (Å²) in [6.45, 7) is 2.03. The van der Waals surface area contributed by atoms with Crippen LogP contribution in [0.1, 0.15) is 11.1 Å². The molecule has 0 bridgehead atoms. The van der Waals surface area contributed by atoms with E-state index in [4.69, 9.17) is 27.9 Å². The van der Waals surface area contributed by atoms with Gasteiger partial charge >= 0.3 is 0 Å². The molecule has 0 aliphatic carbocycles. The van der Waals surface area contributed by atoms with E-state index in [2.05, 4.69) is 5.32 Å². The van der Waals surface area contributed by atoms with E-state index in [-0.39, 0.29) is 12.3 Å². The molecule has 0 aromatic heterocycles. The second-order valence-electron chi connectivity index (χ2n) is 5.91. The molecule has 3 rings (SSSR count). The van der Waals surface area contributed by atoms with Crippen molar-refractivity contribution in [2.75, 3.05) is 5.32 Å². The monoisotopic (exact) mass is 385 g/mol. The van der Waals surface area contributed by atoms with Gasteiger partial charge in [0.05, 0.1) is 16.5 Å². The Balaban J connectivity index is 1.58. The van der Waals surface area contributed by atoms with Gasteiger partial charge in [0.25, 0.3) is 0 Å². The van der Waals surface area contributed by atoms with Crippen LogP contribution in [0, 0.1) is 6.92 Å². The van der Waals surface area contributed by atoms with Crippen LogP contribution in [-0.4, -0.2) is 5.91 Å². The minimum Gasteiger partial charge on any atom is -0.457 e. The Kier molecular flexibility index (Phi) is 5.82. The molecule has 0 unspecified atom stereocenters. The van der Waals surface area contributed by atoms with Crippen molar-refractivity contribution in [3.63, 3.8) is 0 Å². The lowest BCUT2D eigenvalue weighted by Gasteiger charge is -2.09. The molecule has 0 spiro atoms. The van der Waals surface area contributed by atoms with Crippen LogP contribution in [0.25, 0.3) is 0 Å². The Hall–Kier alpha value is -2.49. The van der Waals surface area contributed by atoms with Crippen LogP contribution in [0.5, 0.6) is 11.5 Å². The predicted molar refractivity (Wildman–Crippen MR) is 106 cm³/mol. The topological polar surface area (TPSA) is 38.3 Å². The quantitative estimate of drug-likeness (QED) is 0.561. The molecule has 0 heterocycles. The van der Waals surface area contributed by atoms with Crippen LogP contribution in [-0.2, 0) is 11.2 Å². The summed E-state index contributed by atoms with van der Waals surface area (Å²) in [6, 6.07) is 20.2. The second kappa shape index (κ2) is 8.26. The molecule has 5 heteroatoms. The zero-order valence-electron chi connectivity index (χ0n) is 14.1. The van der Waals surface area contributed by atoms with Crippen LogP contribution < -0.4 is 10.1 Å². The average Bonchev–Trinajstić information content (AvgIpc) is 2.62. The fourth-order valence-electron chi connectivity index (χ4n) is 2.39. The number of carbonyl (C=O) groups excluding carboxylic acids is 1. The molecule has 0 aliphatic heterocycles. The van der Waals surface area contributed by atoms with Crippen LogP contribution in [0.4, 0.5) is 5.69 Å². The van der Waals surface area contributed by atoms with Crippen molar-refractivity contribution in [1.82, 2.24) is 0 Å². The summed E-state index contributed by atoms with van der Waals surface area (Å²) in [7, 11) is 0. The first-order valence-corrected chi connectivity index (χ1v) is 8.83. The molecule has 1 N–H and O–H groups in total. The fourth-order valence-corrected chi connectivity index (χ4v) is 2.71. The lowest BCUT2D eigenvalue weighted by Crippen LogP contribution is -2.14. The maximum absolute atomic E-state index is 12.2. The molecule has 3 nitrogen and oxygen atoms in total. The SMILES string of the molecule is Cc1ccc(Oc2ccc(NC(=O)Cc3ccc(Cl)c(Cl)c3)cc2)cc1. The number of hydrogen-bond acceptors (Lipinski definition) is 2. The summed E-state index contributed by atoms with van der Waals surface area (Å²) in [4.78, 5) is 12.2. The van der Waals surface area contributed by atoms with E-state index < -0.39 is 0 Å². The Morgan fingerprint density at radius 2 is 1.50 bits per heavy atom. The number of anilines is 1. The zero-order valence-corrected chi connectivity index (χ0v) is 15.6. The van der Waals surface area contributed by atoms with Crippen molar-refractivity contribution in [1.29, 1.82) is 0 Å². The first kappa shape index (κ1) is 18.3. The highest BCUT2D eigenvalue weighted by molar-refractivity contribution is 6.42. The number of amides is 1. The average molecular weight is 386 g/mol. The van der Waals surface area contributed by atoms with E-state index in [0.29, 0.717) is 21.5 Å². The van der Waals surface area contributed by atoms with Gasteiger partial charge < -0.3 is 10.1 Å². The Bertz CT molecular complexity index is 906. The highest BCUT2D eigenvalue weighted by Gasteiger charge is 2.07. The Morgan fingerprint density at radius 1 is 0.885 bits per heavy atom. The van der Waals surface area contributed by atoms with Crippen LogP contribution in [0.2, 0.25) is 10.0 Å². The van der Waals surface area contributed by atoms with Gasteiger partial charge in [-0.3, -0.25) is 4.79 Å². The molecule has 0 saturated carbocycles. The van der Waals surface area contributed by atoms with Crippen LogP contribution >= 0.6 is 23.2 Å². The number of benzene rings is 3. The maximum atomic E-state index is 12.2. The van der Waals surface area contributed by atoms with Crippen LogP contribution in [0.3, 0.4) is 0 Å². The van der Waals surface area contributed by atoms with E-state index in [0.717, 1.165) is 11.3 Å². The summed E-state index contributed by atoms with van der Waals surface area (Å²) >= 11 is 11.9. The molecule has 0 fully saturated rings. The molecular formula is C21H17Cl2NO2. The Morgan fingerprint density at radius 3 is 2.12 bits per heavy atom. The van der Waals surface area contributed by atoms with Gasteiger partial charge in [0.1, 0.15) is 11.5 Å². The van der Waals surface area contributed by atoms with E-state index in [9.17, 15) is 4.79 Å². The molecule has 3 aromatic carbocycles. The number of carbonyl (C=O) groups is 1. The normalized spacial score (nSPS) is 10.4. The highest BCUT2D eigenvalue weighted by Crippen LogP contribution is 2.24. The van der Waals surface area contributed by atoms with Gasteiger partial charge in [-0.15, -0.1) is 0 Å². The van der Waals surface area contributed by atoms with E-state index >= 15 is 0 Å². The number of ether oxygens (including phenoxy) is 1. The zero-order chi connectivity index (χ0) is 18.5.